The van der Waals surface area contributed by atoms with Crippen molar-refractivity contribution in [3.63, 3.8) is 0 Å². The zero-order valence-corrected chi connectivity index (χ0v) is 11.7. The summed E-state index contributed by atoms with van der Waals surface area (Å²) in [6.45, 7) is 0. The Morgan fingerprint density at radius 3 is 2.65 bits per heavy atom. The molecule has 0 spiro atoms. The van der Waals surface area contributed by atoms with Crippen molar-refractivity contribution in [2.24, 2.45) is 0 Å². The third-order valence-electron chi connectivity index (χ3n) is 3.14. The number of rotatable bonds is 4. The Morgan fingerprint density at radius 2 is 2.10 bits per heavy atom. The van der Waals surface area contributed by atoms with Gasteiger partial charge < -0.3 is 15.6 Å². The summed E-state index contributed by atoms with van der Waals surface area (Å²) in [4.78, 5) is 11.4. The van der Waals surface area contributed by atoms with E-state index in [9.17, 15) is 18.3 Å². The van der Waals surface area contributed by atoms with Gasteiger partial charge in [-0.2, -0.15) is 0 Å². The van der Waals surface area contributed by atoms with Crippen LogP contribution in [0.3, 0.4) is 0 Å². The molecule has 8 heteroatoms. The van der Waals surface area contributed by atoms with Gasteiger partial charge in [-0.25, -0.2) is 17.9 Å². The fourth-order valence-corrected chi connectivity index (χ4v) is 3.50. The van der Waals surface area contributed by atoms with Crippen LogP contribution in [0.1, 0.15) is 23.2 Å². The Labute approximate surface area is 116 Å². The average molecular weight is 300 g/mol. The third-order valence-corrected chi connectivity index (χ3v) is 4.70. The van der Waals surface area contributed by atoms with Crippen molar-refractivity contribution in [2.45, 2.75) is 29.9 Å². The second-order valence-corrected chi connectivity index (χ2v) is 6.37. The molecule has 1 fully saturated rings. The van der Waals surface area contributed by atoms with E-state index < -0.39 is 22.1 Å². The average Bonchev–Trinajstić information content (AvgIpc) is 2.35. The number of methoxy groups -OCH3 is 1. The molecule has 20 heavy (non-hydrogen) atoms. The summed E-state index contributed by atoms with van der Waals surface area (Å²) in [5, 5.41) is 9.18. The van der Waals surface area contributed by atoms with E-state index in [-0.39, 0.29) is 22.2 Å². The van der Waals surface area contributed by atoms with Crippen LogP contribution < -0.4 is 10.5 Å². The van der Waals surface area contributed by atoms with Crippen molar-refractivity contribution in [2.75, 3.05) is 12.8 Å². The number of esters is 1. The van der Waals surface area contributed by atoms with Crippen molar-refractivity contribution in [1.82, 2.24) is 4.72 Å². The van der Waals surface area contributed by atoms with E-state index in [4.69, 9.17) is 5.73 Å². The third kappa shape index (κ3) is 2.92. The highest BCUT2D eigenvalue weighted by atomic mass is 32.2. The van der Waals surface area contributed by atoms with Crippen molar-refractivity contribution in [3.05, 3.63) is 23.8 Å². The molecule has 7 nitrogen and oxygen atoms in total. The van der Waals surface area contributed by atoms with Crippen molar-refractivity contribution < 1.29 is 23.1 Å². The predicted molar refractivity (Wildman–Crippen MR) is 71.5 cm³/mol. The normalized spacial score (nSPS) is 22.1. The number of benzene rings is 1. The maximum Gasteiger partial charge on any atom is 0.339 e. The Hall–Kier alpha value is -1.64. The zero-order valence-electron chi connectivity index (χ0n) is 10.9. The maximum atomic E-state index is 12.3. The number of ether oxygens (including phenoxy) is 1. The number of sulfonamides is 1. The lowest BCUT2D eigenvalue weighted by molar-refractivity contribution is 0.0595. The molecule has 0 atom stereocenters. The second kappa shape index (κ2) is 5.39. The van der Waals surface area contributed by atoms with Crippen molar-refractivity contribution in [3.8, 4) is 0 Å². The Kier molecular flexibility index (Phi) is 3.98. The quantitative estimate of drug-likeness (QED) is 0.526. The molecule has 0 saturated heterocycles. The first kappa shape index (κ1) is 14.8. The van der Waals surface area contributed by atoms with E-state index in [1.807, 2.05) is 0 Å². The molecule has 1 aromatic rings. The second-order valence-electron chi connectivity index (χ2n) is 4.69. The number of carbonyl (C=O) groups is 1. The highest BCUT2D eigenvalue weighted by Gasteiger charge is 2.33. The molecule has 0 bridgehead atoms. The van der Waals surface area contributed by atoms with E-state index >= 15 is 0 Å². The van der Waals surface area contributed by atoms with Gasteiger partial charge in [-0.3, -0.25) is 0 Å². The summed E-state index contributed by atoms with van der Waals surface area (Å²) in [7, 11) is -2.72. The van der Waals surface area contributed by atoms with E-state index in [2.05, 4.69) is 9.46 Å². The van der Waals surface area contributed by atoms with Gasteiger partial charge in [0.15, 0.2) is 0 Å². The number of anilines is 1. The van der Waals surface area contributed by atoms with Crippen molar-refractivity contribution >= 4 is 21.7 Å². The number of aliphatic hydroxyl groups is 1. The number of carbonyl (C=O) groups excluding carboxylic acids is 1. The lowest BCUT2D eigenvalue weighted by Gasteiger charge is -2.31. The van der Waals surface area contributed by atoms with Gasteiger partial charge in [0.25, 0.3) is 0 Å². The fraction of sp³-hybridized carbons (Fsp3) is 0.417. The lowest BCUT2D eigenvalue weighted by atomic mass is 9.91. The van der Waals surface area contributed by atoms with Crippen LogP contribution in [0.25, 0.3) is 0 Å². The molecule has 0 amide bonds. The lowest BCUT2D eigenvalue weighted by Crippen LogP contribution is -2.46. The molecular formula is C12H16N2O5S. The first-order valence-electron chi connectivity index (χ1n) is 6.01. The SMILES string of the molecule is COC(=O)c1ccc(N)cc1S(=O)(=O)NC1CC(O)C1. The summed E-state index contributed by atoms with van der Waals surface area (Å²) in [5.74, 6) is -0.751. The zero-order chi connectivity index (χ0) is 14.9. The van der Waals surface area contributed by atoms with Crippen LogP contribution >= 0.6 is 0 Å². The van der Waals surface area contributed by atoms with Gasteiger partial charge in [-0.1, -0.05) is 0 Å². The molecule has 1 aliphatic rings. The number of hydrogen-bond acceptors (Lipinski definition) is 6. The molecule has 0 radical (unpaired) electrons. The van der Waals surface area contributed by atoms with Gasteiger partial charge in [0.1, 0.15) is 0 Å². The van der Waals surface area contributed by atoms with E-state index in [0.717, 1.165) is 0 Å². The standard InChI is InChI=1S/C12H16N2O5S/c1-19-12(16)10-3-2-7(13)4-11(10)20(17,18)14-8-5-9(15)6-8/h2-4,8-9,14-15H,5-6,13H2,1H3. The summed E-state index contributed by atoms with van der Waals surface area (Å²) in [6, 6.07) is 3.62. The first-order chi connectivity index (χ1) is 9.33. The van der Waals surface area contributed by atoms with Gasteiger partial charge in [0.2, 0.25) is 10.0 Å². The van der Waals surface area contributed by atoms with Crippen LogP contribution in [0.15, 0.2) is 23.1 Å². The van der Waals surface area contributed by atoms with E-state index in [0.29, 0.717) is 12.8 Å². The maximum absolute atomic E-state index is 12.3. The Balaban J connectivity index is 2.34. The van der Waals surface area contributed by atoms with Crippen LogP contribution in [0.2, 0.25) is 0 Å². The van der Waals surface area contributed by atoms with Crippen LogP contribution in [0.4, 0.5) is 5.69 Å². The molecule has 0 unspecified atom stereocenters. The minimum absolute atomic E-state index is 0.0749. The molecule has 0 heterocycles. The summed E-state index contributed by atoms with van der Waals surface area (Å²) in [5.41, 5.74) is 5.73. The first-order valence-corrected chi connectivity index (χ1v) is 7.50. The molecule has 0 aliphatic heterocycles. The Morgan fingerprint density at radius 1 is 1.45 bits per heavy atom. The van der Waals surface area contributed by atoms with E-state index in [1.165, 1.54) is 25.3 Å². The molecule has 110 valence electrons. The van der Waals surface area contributed by atoms with Crippen molar-refractivity contribution in [1.29, 1.82) is 0 Å². The molecule has 1 saturated carbocycles. The van der Waals surface area contributed by atoms with Gasteiger partial charge in [-0.15, -0.1) is 0 Å². The number of nitrogen functional groups attached to an aromatic ring is 1. The number of nitrogens with two attached hydrogens (primary N) is 1. The number of nitrogens with one attached hydrogen (secondary N) is 1. The molecular weight excluding hydrogens is 284 g/mol. The molecule has 1 aliphatic carbocycles. The smallest absolute Gasteiger partial charge is 0.339 e. The minimum Gasteiger partial charge on any atom is -0.465 e. The highest BCUT2D eigenvalue weighted by molar-refractivity contribution is 7.89. The number of aliphatic hydroxyl groups excluding tert-OH is 1. The van der Waals surface area contributed by atoms with Gasteiger partial charge in [0.05, 0.1) is 23.7 Å². The van der Waals surface area contributed by atoms with Gasteiger partial charge in [-0.05, 0) is 31.0 Å². The summed E-state index contributed by atoms with van der Waals surface area (Å²) >= 11 is 0. The topological polar surface area (TPSA) is 119 Å². The minimum atomic E-state index is -3.89. The largest absolute Gasteiger partial charge is 0.465 e. The molecule has 2 rings (SSSR count). The van der Waals surface area contributed by atoms with Crippen LogP contribution in [-0.2, 0) is 14.8 Å². The molecule has 4 N–H and O–H groups in total. The number of hydrogen-bond donors (Lipinski definition) is 3. The highest BCUT2D eigenvalue weighted by Crippen LogP contribution is 2.25. The van der Waals surface area contributed by atoms with Gasteiger partial charge >= 0.3 is 5.97 Å². The van der Waals surface area contributed by atoms with Gasteiger partial charge in [0, 0.05) is 11.7 Å². The van der Waals surface area contributed by atoms with E-state index in [1.54, 1.807) is 0 Å². The summed E-state index contributed by atoms with van der Waals surface area (Å²) < 4.78 is 31.6. The van der Waals surface area contributed by atoms with Crippen LogP contribution in [-0.4, -0.2) is 38.7 Å². The summed E-state index contributed by atoms with van der Waals surface area (Å²) in [6.07, 6.45) is 0.230. The fourth-order valence-electron chi connectivity index (χ4n) is 2.01. The molecule has 0 aromatic heterocycles. The van der Waals surface area contributed by atoms with Crippen LogP contribution in [0.5, 0.6) is 0 Å². The van der Waals surface area contributed by atoms with Crippen LogP contribution in [0, 0.1) is 0 Å². The monoisotopic (exact) mass is 300 g/mol. The molecule has 1 aromatic carbocycles. The predicted octanol–water partition coefficient (Wildman–Crippen LogP) is -0.143. The Bertz CT molecular complexity index is 623.